The molecule has 3 aromatic carbocycles. The summed E-state index contributed by atoms with van der Waals surface area (Å²) < 4.78 is 0. The molecule has 0 saturated heterocycles. The lowest BCUT2D eigenvalue weighted by molar-refractivity contribution is 0.303. The van der Waals surface area contributed by atoms with E-state index >= 15 is 0 Å². The van der Waals surface area contributed by atoms with E-state index in [0.29, 0.717) is 0 Å². The van der Waals surface area contributed by atoms with Gasteiger partial charge in [-0.05, 0) is 77.3 Å². The highest BCUT2D eigenvalue weighted by atomic mass is 14.3. The van der Waals surface area contributed by atoms with Crippen LogP contribution in [0.15, 0.2) is 72.8 Å². The first-order valence-electron chi connectivity index (χ1n) is 12.6. The second kappa shape index (κ2) is 10.8. The van der Waals surface area contributed by atoms with Crippen LogP contribution < -0.4 is 0 Å². The molecule has 0 bridgehead atoms. The van der Waals surface area contributed by atoms with Gasteiger partial charge >= 0.3 is 0 Å². The monoisotopic (exact) mass is 410 g/mol. The van der Waals surface area contributed by atoms with Gasteiger partial charge in [0.1, 0.15) is 0 Å². The third-order valence-corrected chi connectivity index (χ3v) is 7.31. The number of hydrogen-bond acceptors (Lipinski definition) is 0. The standard InChI is InChI=1S/C31H38/c1-3-5-7-11-25-16-18-26(19-17-25)28-20-21-30(27-13-8-6-9-14-27)31(23-28)29-15-10-12-24(4-2)22-29/h6,8-10,12-15,20-23,25-26H,3-5,7,11,16-19H2,1-2H3/t25-,26-. The molecule has 0 atom stereocenters. The fourth-order valence-corrected chi connectivity index (χ4v) is 5.35. The van der Waals surface area contributed by atoms with Crippen molar-refractivity contribution in [2.45, 2.75) is 77.6 Å². The maximum atomic E-state index is 2.51. The zero-order valence-corrected chi connectivity index (χ0v) is 19.4. The Morgan fingerprint density at radius 1 is 0.677 bits per heavy atom. The van der Waals surface area contributed by atoms with Crippen LogP contribution >= 0.6 is 0 Å². The van der Waals surface area contributed by atoms with E-state index in [1.165, 1.54) is 79.2 Å². The number of unbranched alkanes of at least 4 members (excludes halogenated alkanes) is 2. The van der Waals surface area contributed by atoms with Crippen LogP contribution in [0.4, 0.5) is 0 Å². The predicted molar refractivity (Wildman–Crippen MR) is 136 cm³/mol. The third kappa shape index (κ3) is 5.48. The molecule has 0 heteroatoms. The summed E-state index contributed by atoms with van der Waals surface area (Å²) in [5.41, 5.74) is 8.37. The van der Waals surface area contributed by atoms with E-state index in [1.54, 1.807) is 5.56 Å². The molecule has 4 rings (SSSR count). The second-order valence-corrected chi connectivity index (χ2v) is 9.44. The van der Waals surface area contributed by atoms with Gasteiger partial charge in [0.25, 0.3) is 0 Å². The maximum absolute atomic E-state index is 2.51. The number of rotatable bonds is 8. The van der Waals surface area contributed by atoms with E-state index in [2.05, 4.69) is 86.6 Å². The molecule has 0 heterocycles. The van der Waals surface area contributed by atoms with Gasteiger partial charge in [-0.25, -0.2) is 0 Å². The molecule has 0 spiro atoms. The molecular formula is C31H38. The highest BCUT2D eigenvalue weighted by Crippen LogP contribution is 2.41. The molecule has 0 aliphatic heterocycles. The Bertz CT molecular complexity index is 945. The summed E-state index contributed by atoms with van der Waals surface area (Å²) in [7, 11) is 0. The lowest BCUT2D eigenvalue weighted by Crippen LogP contribution is -2.13. The zero-order chi connectivity index (χ0) is 21.5. The van der Waals surface area contributed by atoms with Crippen LogP contribution in [0.5, 0.6) is 0 Å². The van der Waals surface area contributed by atoms with E-state index in [1.807, 2.05) is 0 Å². The summed E-state index contributed by atoms with van der Waals surface area (Å²) in [6.07, 6.45) is 12.2. The van der Waals surface area contributed by atoms with Crippen molar-refractivity contribution in [2.24, 2.45) is 5.92 Å². The van der Waals surface area contributed by atoms with Crippen molar-refractivity contribution in [3.05, 3.63) is 83.9 Å². The van der Waals surface area contributed by atoms with Gasteiger partial charge < -0.3 is 0 Å². The van der Waals surface area contributed by atoms with Gasteiger partial charge in [0.2, 0.25) is 0 Å². The Hall–Kier alpha value is -2.34. The zero-order valence-electron chi connectivity index (χ0n) is 19.4. The van der Waals surface area contributed by atoms with Crippen LogP contribution in [-0.4, -0.2) is 0 Å². The SMILES string of the molecule is CCCCC[C@H]1CC[C@H](c2ccc(-c3ccccc3)c(-c3cccc(CC)c3)c2)CC1. The number of benzene rings is 3. The first-order chi connectivity index (χ1) is 15.3. The average Bonchev–Trinajstić information content (AvgIpc) is 2.85. The summed E-state index contributed by atoms with van der Waals surface area (Å²) in [6.45, 7) is 4.55. The van der Waals surface area contributed by atoms with Crippen LogP contribution in [0, 0.1) is 5.92 Å². The van der Waals surface area contributed by atoms with Crippen molar-refractivity contribution >= 4 is 0 Å². The molecule has 0 unspecified atom stereocenters. The Balaban J connectivity index is 1.61. The summed E-state index contributed by atoms with van der Waals surface area (Å²) in [5.74, 6) is 1.69. The van der Waals surface area contributed by atoms with Crippen molar-refractivity contribution in [3.63, 3.8) is 0 Å². The topological polar surface area (TPSA) is 0 Å². The Morgan fingerprint density at radius 3 is 2.19 bits per heavy atom. The fourth-order valence-electron chi connectivity index (χ4n) is 5.35. The molecular weight excluding hydrogens is 372 g/mol. The van der Waals surface area contributed by atoms with Crippen molar-refractivity contribution in [1.82, 2.24) is 0 Å². The molecule has 0 N–H and O–H groups in total. The van der Waals surface area contributed by atoms with Gasteiger partial charge in [-0.2, -0.15) is 0 Å². The Morgan fingerprint density at radius 2 is 1.45 bits per heavy atom. The van der Waals surface area contributed by atoms with Gasteiger partial charge in [0, 0.05) is 0 Å². The first-order valence-corrected chi connectivity index (χ1v) is 12.6. The first kappa shape index (κ1) is 21.9. The summed E-state index contributed by atoms with van der Waals surface area (Å²) in [5, 5.41) is 0. The van der Waals surface area contributed by atoms with Crippen LogP contribution in [0.3, 0.4) is 0 Å². The molecule has 0 aromatic heterocycles. The molecule has 1 aliphatic carbocycles. The van der Waals surface area contributed by atoms with Gasteiger partial charge in [-0.3, -0.25) is 0 Å². The lowest BCUT2D eigenvalue weighted by atomic mass is 9.76. The molecule has 1 saturated carbocycles. The van der Waals surface area contributed by atoms with Crippen molar-refractivity contribution < 1.29 is 0 Å². The van der Waals surface area contributed by atoms with Crippen molar-refractivity contribution in [1.29, 1.82) is 0 Å². The van der Waals surface area contributed by atoms with E-state index in [9.17, 15) is 0 Å². The van der Waals surface area contributed by atoms with E-state index in [0.717, 1.165) is 18.3 Å². The van der Waals surface area contributed by atoms with Crippen LogP contribution in [0.2, 0.25) is 0 Å². The Kier molecular flexibility index (Phi) is 7.62. The summed E-state index contributed by atoms with van der Waals surface area (Å²) in [4.78, 5) is 0. The van der Waals surface area contributed by atoms with Crippen LogP contribution in [0.1, 0.15) is 82.3 Å². The average molecular weight is 411 g/mol. The summed E-state index contributed by atoms with van der Waals surface area (Å²) >= 11 is 0. The molecule has 3 aromatic rings. The number of hydrogen-bond donors (Lipinski definition) is 0. The minimum Gasteiger partial charge on any atom is -0.0654 e. The summed E-state index contributed by atoms with van der Waals surface area (Å²) in [6, 6.07) is 27.3. The van der Waals surface area contributed by atoms with Crippen molar-refractivity contribution in [2.75, 3.05) is 0 Å². The van der Waals surface area contributed by atoms with E-state index in [4.69, 9.17) is 0 Å². The van der Waals surface area contributed by atoms with Crippen LogP contribution in [-0.2, 0) is 6.42 Å². The molecule has 0 nitrogen and oxygen atoms in total. The lowest BCUT2D eigenvalue weighted by Gasteiger charge is -2.29. The normalized spacial score (nSPS) is 18.8. The smallest absolute Gasteiger partial charge is 0.0102 e. The van der Waals surface area contributed by atoms with Gasteiger partial charge in [-0.1, -0.05) is 112 Å². The maximum Gasteiger partial charge on any atom is -0.0102 e. The van der Waals surface area contributed by atoms with Crippen molar-refractivity contribution in [3.8, 4) is 22.3 Å². The van der Waals surface area contributed by atoms with Gasteiger partial charge in [-0.15, -0.1) is 0 Å². The largest absolute Gasteiger partial charge is 0.0654 e. The van der Waals surface area contributed by atoms with Gasteiger partial charge in [0.05, 0.1) is 0 Å². The van der Waals surface area contributed by atoms with E-state index < -0.39 is 0 Å². The quantitative estimate of drug-likeness (QED) is 0.324. The van der Waals surface area contributed by atoms with E-state index in [-0.39, 0.29) is 0 Å². The third-order valence-electron chi connectivity index (χ3n) is 7.31. The Labute approximate surface area is 189 Å². The molecule has 1 aliphatic rings. The van der Waals surface area contributed by atoms with Gasteiger partial charge in [0.15, 0.2) is 0 Å². The van der Waals surface area contributed by atoms with Crippen LogP contribution in [0.25, 0.3) is 22.3 Å². The minimum absolute atomic E-state index is 0.723. The number of aryl methyl sites for hydroxylation is 1. The highest BCUT2D eigenvalue weighted by molar-refractivity contribution is 5.84. The highest BCUT2D eigenvalue weighted by Gasteiger charge is 2.23. The molecule has 0 amide bonds. The minimum atomic E-state index is 0.723. The molecule has 31 heavy (non-hydrogen) atoms. The fraction of sp³-hybridized carbons (Fsp3) is 0.419. The molecule has 162 valence electrons. The predicted octanol–water partition coefficient (Wildman–Crippen LogP) is 9.44. The molecule has 1 fully saturated rings. The molecule has 0 radical (unpaired) electrons. The second-order valence-electron chi connectivity index (χ2n) is 9.44.